The van der Waals surface area contributed by atoms with Crippen molar-refractivity contribution in [1.82, 2.24) is 9.97 Å². The van der Waals surface area contributed by atoms with Crippen LogP contribution >= 0.6 is 0 Å². The Hall–Kier alpha value is -2.68. The molecule has 3 nitrogen and oxygen atoms in total. The Bertz CT molecular complexity index is 943. The average molecular weight is 372 g/mol. The van der Waals surface area contributed by atoms with Crippen LogP contribution in [0.1, 0.15) is 43.0 Å². The molecule has 0 fully saturated rings. The van der Waals surface area contributed by atoms with Gasteiger partial charge in [0.25, 0.3) is 0 Å². The highest BCUT2D eigenvalue weighted by Gasteiger charge is 2.23. The first-order valence-electron chi connectivity index (χ1n) is 10.5. The zero-order valence-electron chi connectivity index (χ0n) is 17.2. The van der Waals surface area contributed by atoms with Crippen molar-refractivity contribution in [2.75, 3.05) is 18.0 Å². The topological polar surface area (TPSA) is 29.0 Å². The molecule has 2 aromatic carbocycles. The van der Waals surface area contributed by atoms with Gasteiger partial charge < -0.3 is 4.90 Å². The van der Waals surface area contributed by atoms with E-state index in [0.29, 0.717) is 0 Å². The van der Waals surface area contributed by atoms with Crippen molar-refractivity contribution in [3.8, 4) is 22.5 Å². The molecule has 0 saturated heterocycles. The lowest BCUT2D eigenvalue weighted by Crippen LogP contribution is -2.32. The third kappa shape index (κ3) is 3.80. The summed E-state index contributed by atoms with van der Waals surface area (Å²) in [6, 6.07) is 17.3. The maximum absolute atomic E-state index is 5.21. The number of aromatic nitrogens is 2. The van der Waals surface area contributed by atoms with E-state index in [0.717, 1.165) is 60.0 Å². The molecule has 0 amide bonds. The predicted octanol–water partition coefficient (Wildman–Crippen LogP) is 5.98. The summed E-state index contributed by atoms with van der Waals surface area (Å²) in [6.07, 6.45) is 4.56. The molecule has 0 spiro atoms. The Morgan fingerprint density at radius 2 is 1.39 bits per heavy atom. The smallest absolute Gasteiger partial charge is 0.151 e. The average Bonchev–Trinajstić information content (AvgIpc) is 2.72. The molecule has 0 radical (unpaired) electrons. The summed E-state index contributed by atoms with van der Waals surface area (Å²) >= 11 is 0. The zero-order valence-corrected chi connectivity index (χ0v) is 17.2. The van der Waals surface area contributed by atoms with Gasteiger partial charge in [-0.05, 0) is 33.1 Å². The molecule has 2 heterocycles. The standard InChI is InChI=1S/C25H29N3/c1-4-5-16-28-17-6-7-22-25(28)27-24(21-14-10-19(3)11-15-21)23(26-22)20-12-8-18(2)9-13-20/h8-15H,4-7,16-17H2,1-3H3. The fourth-order valence-electron chi connectivity index (χ4n) is 3.82. The second-order valence-electron chi connectivity index (χ2n) is 7.87. The molecular formula is C25H29N3. The van der Waals surface area contributed by atoms with Crippen LogP contribution < -0.4 is 4.90 Å². The second-order valence-corrected chi connectivity index (χ2v) is 7.87. The Morgan fingerprint density at radius 3 is 1.96 bits per heavy atom. The first-order chi connectivity index (χ1) is 13.7. The van der Waals surface area contributed by atoms with Gasteiger partial charge >= 0.3 is 0 Å². The number of rotatable bonds is 5. The minimum absolute atomic E-state index is 0.992. The minimum Gasteiger partial charge on any atom is -0.355 e. The van der Waals surface area contributed by atoms with E-state index >= 15 is 0 Å². The second kappa shape index (κ2) is 8.14. The molecule has 0 bridgehead atoms. The van der Waals surface area contributed by atoms with Crippen LogP contribution in [-0.4, -0.2) is 23.1 Å². The molecule has 4 rings (SSSR count). The number of fused-ring (bicyclic) bond motifs is 1. The lowest BCUT2D eigenvalue weighted by atomic mass is 10.0. The van der Waals surface area contributed by atoms with Crippen molar-refractivity contribution in [2.24, 2.45) is 0 Å². The number of aryl methyl sites for hydroxylation is 3. The van der Waals surface area contributed by atoms with Crippen LogP contribution in [-0.2, 0) is 6.42 Å². The van der Waals surface area contributed by atoms with Crippen molar-refractivity contribution in [3.05, 3.63) is 65.4 Å². The van der Waals surface area contributed by atoms with E-state index in [1.54, 1.807) is 0 Å². The lowest BCUT2D eigenvalue weighted by Gasteiger charge is -2.30. The maximum Gasteiger partial charge on any atom is 0.151 e. The number of benzene rings is 2. The van der Waals surface area contributed by atoms with E-state index in [2.05, 4.69) is 74.2 Å². The van der Waals surface area contributed by atoms with E-state index in [4.69, 9.17) is 9.97 Å². The van der Waals surface area contributed by atoms with Gasteiger partial charge in [-0.15, -0.1) is 0 Å². The third-order valence-corrected chi connectivity index (χ3v) is 5.52. The molecule has 1 aromatic heterocycles. The van der Waals surface area contributed by atoms with Crippen LogP contribution in [0.4, 0.5) is 5.82 Å². The van der Waals surface area contributed by atoms with Crippen molar-refractivity contribution in [1.29, 1.82) is 0 Å². The van der Waals surface area contributed by atoms with Gasteiger partial charge in [-0.3, -0.25) is 0 Å². The highest BCUT2D eigenvalue weighted by molar-refractivity contribution is 5.79. The van der Waals surface area contributed by atoms with Crippen LogP contribution in [0, 0.1) is 13.8 Å². The van der Waals surface area contributed by atoms with Crippen LogP contribution in [0.2, 0.25) is 0 Å². The van der Waals surface area contributed by atoms with Gasteiger partial charge in [0.1, 0.15) is 0 Å². The summed E-state index contributed by atoms with van der Waals surface area (Å²) < 4.78 is 0. The summed E-state index contributed by atoms with van der Waals surface area (Å²) in [5.41, 5.74) is 7.94. The number of unbranched alkanes of at least 4 members (excludes halogenated alkanes) is 1. The molecule has 28 heavy (non-hydrogen) atoms. The third-order valence-electron chi connectivity index (χ3n) is 5.52. The van der Waals surface area contributed by atoms with Gasteiger partial charge in [-0.25, -0.2) is 9.97 Å². The highest BCUT2D eigenvalue weighted by atomic mass is 15.2. The van der Waals surface area contributed by atoms with E-state index in [1.165, 1.54) is 24.0 Å². The molecule has 3 heteroatoms. The Balaban J connectivity index is 1.87. The van der Waals surface area contributed by atoms with Gasteiger partial charge in [-0.2, -0.15) is 0 Å². The first-order valence-corrected chi connectivity index (χ1v) is 10.5. The number of hydrogen-bond acceptors (Lipinski definition) is 3. The Kier molecular flexibility index (Phi) is 5.43. The molecule has 0 N–H and O–H groups in total. The van der Waals surface area contributed by atoms with Crippen molar-refractivity contribution in [3.63, 3.8) is 0 Å². The molecule has 0 saturated carbocycles. The van der Waals surface area contributed by atoms with Gasteiger partial charge in [0.15, 0.2) is 5.82 Å². The fourth-order valence-corrected chi connectivity index (χ4v) is 3.82. The Morgan fingerprint density at radius 1 is 0.821 bits per heavy atom. The Labute approximate surface area is 168 Å². The highest BCUT2D eigenvalue weighted by Crippen LogP contribution is 2.34. The normalized spacial score (nSPS) is 13.5. The SMILES string of the molecule is CCCCN1CCCc2nc(-c3ccc(C)cc3)c(-c3ccc(C)cc3)nc21. The van der Waals surface area contributed by atoms with Crippen LogP contribution in [0.5, 0.6) is 0 Å². The predicted molar refractivity (Wildman–Crippen MR) is 118 cm³/mol. The quantitative estimate of drug-likeness (QED) is 0.552. The van der Waals surface area contributed by atoms with Crippen molar-refractivity contribution >= 4 is 5.82 Å². The van der Waals surface area contributed by atoms with E-state index in [9.17, 15) is 0 Å². The molecule has 1 aliphatic heterocycles. The van der Waals surface area contributed by atoms with E-state index < -0.39 is 0 Å². The summed E-state index contributed by atoms with van der Waals surface area (Å²) in [6.45, 7) is 8.63. The summed E-state index contributed by atoms with van der Waals surface area (Å²) in [5.74, 6) is 1.09. The van der Waals surface area contributed by atoms with Crippen molar-refractivity contribution < 1.29 is 0 Å². The number of hydrogen-bond donors (Lipinski definition) is 0. The van der Waals surface area contributed by atoms with Gasteiger partial charge in [0.2, 0.25) is 0 Å². The molecular weight excluding hydrogens is 342 g/mol. The largest absolute Gasteiger partial charge is 0.355 e. The molecule has 0 atom stereocenters. The van der Waals surface area contributed by atoms with Gasteiger partial charge in [-0.1, -0.05) is 73.0 Å². The summed E-state index contributed by atoms with van der Waals surface area (Å²) in [5, 5.41) is 0. The van der Waals surface area contributed by atoms with Gasteiger partial charge in [0, 0.05) is 24.2 Å². The molecule has 144 valence electrons. The minimum atomic E-state index is 0.992. The van der Waals surface area contributed by atoms with E-state index in [1.807, 2.05) is 0 Å². The summed E-state index contributed by atoms with van der Waals surface area (Å²) in [4.78, 5) is 12.8. The van der Waals surface area contributed by atoms with Crippen LogP contribution in [0.15, 0.2) is 48.5 Å². The maximum atomic E-state index is 5.21. The van der Waals surface area contributed by atoms with Crippen molar-refractivity contribution in [2.45, 2.75) is 46.5 Å². The first kappa shape index (κ1) is 18.7. The number of anilines is 1. The molecule has 0 unspecified atom stereocenters. The lowest BCUT2D eigenvalue weighted by molar-refractivity contribution is 0.639. The molecule has 3 aromatic rings. The van der Waals surface area contributed by atoms with Crippen LogP contribution in [0.3, 0.4) is 0 Å². The molecule has 0 aliphatic carbocycles. The van der Waals surface area contributed by atoms with Gasteiger partial charge in [0.05, 0.1) is 17.1 Å². The summed E-state index contributed by atoms with van der Waals surface area (Å²) in [7, 11) is 0. The van der Waals surface area contributed by atoms with Crippen LogP contribution in [0.25, 0.3) is 22.5 Å². The van der Waals surface area contributed by atoms with E-state index in [-0.39, 0.29) is 0 Å². The fraction of sp³-hybridized carbons (Fsp3) is 0.360. The number of nitrogens with zero attached hydrogens (tertiary/aromatic N) is 3. The molecule has 1 aliphatic rings. The monoisotopic (exact) mass is 371 g/mol. The zero-order chi connectivity index (χ0) is 19.5.